The molecular formula is C19H23N3O5. The fourth-order valence-corrected chi connectivity index (χ4v) is 3.42. The summed E-state index contributed by atoms with van der Waals surface area (Å²) in [4.78, 5) is 42.8. The van der Waals surface area contributed by atoms with E-state index >= 15 is 0 Å². The van der Waals surface area contributed by atoms with Crippen LogP contribution in [0.3, 0.4) is 0 Å². The number of hydrogen-bond acceptors (Lipinski definition) is 6. The molecule has 0 bridgehead atoms. The van der Waals surface area contributed by atoms with Gasteiger partial charge in [-0.15, -0.1) is 0 Å². The van der Waals surface area contributed by atoms with Crippen LogP contribution in [0.25, 0.3) is 10.9 Å². The molecule has 1 saturated heterocycles. The second kappa shape index (κ2) is 8.30. The van der Waals surface area contributed by atoms with Crippen LogP contribution in [-0.4, -0.2) is 56.7 Å². The molecule has 1 N–H and O–H groups in total. The third kappa shape index (κ3) is 4.16. The summed E-state index contributed by atoms with van der Waals surface area (Å²) in [6.07, 6.45) is 1.16. The fraction of sp³-hybridized carbons (Fsp3) is 0.474. The zero-order valence-electron chi connectivity index (χ0n) is 15.2. The molecule has 1 aliphatic heterocycles. The summed E-state index contributed by atoms with van der Waals surface area (Å²) < 4.78 is 6.28. The van der Waals surface area contributed by atoms with Gasteiger partial charge in [-0.05, 0) is 31.9 Å². The van der Waals surface area contributed by atoms with Gasteiger partial charge in [0, 0.05) is 13.0 Å². The number of piperidine rings is 1. The van der Waals surface area contributed by atoms with E-state index in [0.717, 1.165) is 0 Å². The van der Waals surface area contributed by atoms with Crippen LogP contribution < -0.4 is 5.56 Å². The van der Waals surface area contributed by atoms with Crippen molar-refractivity contribution in [3.63, 3.8) is 0 Å². The van der Waals surface area contributed by atoms with Crippen LogP contribution in [0.1, 0.15) is 26.2 Å². The number of para-hydroxylation sites is 1. The Morgan fingerprint density at radius 2 is 2.11 bits per heavy atom. The number of nitrogens with zero attached hydrogens (tertiary/aromatic N) is 3. The summed E-state index contributed by atoms with van der Waals surface area (Å²) in [5, 5.41) is 10.7. The van der Waals surface area contributed by atoms with E-state index in [1.165, 1.54) is 15.8 Å². The molecule has 1 fully saturated rings. The number of fused-ring (bicyclic) bond motifs is 1. The highest BCUT2D eigenvalue weighted by molar-refractivity contribution is 5.81. The maximum atomic E-state index is 12.6. The van der Waals surface area contributed by atoms with E-state index in [1.807, 2.05) is 0 Å². The fourth-order valence-electron chi connectivity index (χ4n) is 3.42. The topological polar surface area (TPSA) is 102 Å². The SMILES string of the molecule is CCOC(=O)N1CCC[C@@H](O)[C@H]1CC(=O)Cn1cnc2ccccc2c1=O. The van der Waals surface area contributed by atoms with Gasteiger partial charge in [-0.25, -0.2) is 9.78 Å². The number of aliphatic hydroxyl groups excluding tert-OH is 1. The van der Waals surface area contributed by atoms with E-state index in [2.05, 4.69) is 4.98 Å². The van der Waals surface area contributed by atoms with Crippen LogP contribution >= 0.6 is 0 Å². The predicted molar refractivity (Wildman–Crippen MR) is 98.4 cm³/mol. The van der Waals surface area contributed by atoms with Crippen LogP contribution in [0, 0.1) is 0 Å². The number of carbonyl (C=O) groups excluding carboxylic acids is 2. The Morgan fingerprint density at radius 3 is 2.89 bits per heavy atom. The summed E-state index contributed by atoms with van der Waals surface area (Å²) in [7, 11) is 0. The molecule has 1 aliphatic rings. The number of ketones is 1. The number of aliphatic hydroxyl groups is 1. The number of benzene rings is 1. The summed E-state index contributed by atoms with van der Waals surface area (Å²) in [5.74, 6) is -0.255. The molecule has 8 heteroatoms. The molecule has 144 valence electrons. The van der Waals surface area contributed by atoms with Crippen LogP contribution in [-0.2, 0) is 16.1 Å². The molecule has 1 aromatic heterocycles. The van der Waals surface area contributed by atoms with Crippen LogP contribution in [0.5, 0.6) is 0 Å². The Morgan fingerprint density at radius 1 is 1.33 bits per heavy atom. The van der Waals surface area contributed by atoms with Crippen molar-refractivity contribution in [3.05, 3.63) is 40.9 Å². The van der Waals surface area contributed by atoms with E-state index in [1.54, 1.807) is 31.2 Å². The lowest BCUT2D eigenvalue weighted by Gasteiger charge is -2.37. The highest BCUT2D eigenvalue weighted by atomic mass is 16.6. The first-order valence-electron chi connectivity index (χ1n) is 9.08. The standard InChI is InChI=1S/C19H23N3O5/c1-2-27-19(26)22-9-5-8-17(24)16(22)10-13(23)11-21-12-20-15-7-4-3-6-14(15)18(21)25/h3-4,6-7,12,16-17,24H,2,5,8-11H2,1H3/t16-,17-/m1/s1. The Bertz CT molecular complexity index is 894. The number of ether oxygens (including phenoxy) is 1. The average Bonchev–Trinajstić information content (AvgIpc) is 2.66. The monoisotopic (exact) mass is 373 g/mol. The first-order valence-corrected chi connectivity index (χ1v) is 9.08. The van der Waals surface area contributed by atoms with Gasteiger partial charge >= 0.3 is 6.09 Å². The number of likely N-dealkylation sites (tertiary alicyclic amines) is 1. The second-order valence-electron chi connectivity index (χ2n) is 6.61. The molecule has 3 rings (SSSR count). The van der Waals surface area contributed by atoms with E-state index in [4.69, 9.17) is 4.74 Å². The largest absolute Gasteiger partial charge is 0.450 e. The Labute approximate surface area is 156 Å². The molecule has 0 spiro atoms. The summed E-state index contributed by atoms with van der Waals surface area (Å²) >= 11 is 0. The third-order valence-electron chi connectivity index (χ3n) is 4.76. The Hall–Kier alpha value is -2.74. The van der Waals surface area contributed by atoms with Gasteiger partial charge < -0.3 is 14.7 Å². The quantitative estimate of drug-likeness (QED) is 0.849. The van der Waals surface area contributed by atoms with Gasteiger partial charge in [-0.1, -0.05) is 12.1 Å². The van der Waals surface area contributed by atoms with E-state index < -0.39 is 18.2 Å². The molecule has 8 nitrogen and oxygen atoms in total. The third-order valence-corrected chi connectivity index (χ3v) is 4.76. The molecule has 0 radical (unpaired) electrons. The smallest absolute Gasteiger partial charge is 0.410 e. The Balaban J connectivity index is 1.75. The van der Waals surface area contributed by atoms with Crippen molar-refractivity contribution in [2.75, 3.05) is 13.2 Å². The molecule has 0 aliphatic carbocycles. The van der Waals surface area contributed by atoms with E-state index in [0.29, 0.717) is 30.3 Å². The summed E-state index contributed by atoms with van der Waals surface area (Å²) in [6, 6.07) is 6.29. The van der Waals surface area contributed by atoms with Crippen LogP contribution in [0.2, 0.25) is 0 Å². The maximum absolute atomic E-state index is 12.6. The Kier molecular flexibility index (Phi) is 5.85. The van der Waals surface area contributed by atoms with Crippen molar-refractivity contribution in [2.45, 2.75) is 44.9 Å². The number of amides is 1. The number of carbonyl (C=O) groups is 2. The molecule has 0 saturated carbocycles. The van der Waals surface area contributed by atoms with Gasteiger partial charge in [0.05, 0.1) is 42.5 Å². The molecule has 0 unspecified atom stereocenters. The van der Waals surface area contributed by atoms with Crippen molar-refractivity contribution in [2.24, 2.45) is 0 Å². The predicted octanol–water partition coefficient (Wildman–Crippen LogP) is 1.34. The number of hydrogen-bond donors (Lipinski definition) is 1. The summed E-state index contributed by atoms with van der Waals surface area (Å²) in [5.41, 5.74) is 0.280. The highest BCUT2D eigenvalue weighted by Crippen LogP contribution is 2.22. The van der Waals surface area contributed by atoms with Crippen molar-refractivity contribution in [1.82, 2.24) is 14.5 Å². The number of rotatable bonds is 5. The van der Waals surface area contributed by atoms with Gasteiger partial charge in [0.25, 0.3) is 5.56 Å². The van der Waals surface area contributed by atoms with Gasteiger partial charge in [-0.2, -0.15) is 0 Å². The van der Waals surface area contributed by atoms with Gasteiger partial charge in [-0.3, -0.25) is 14.2 Å². The van der Waals surface area contributed by atoms with Crippen molar-refractivity contribution >= 4 is 22.8 Å². The van der Waals surface area contributed by atoms with Crippen molar-refractivity contribution in [1.29, 1.82) is 0 Å². The lowest BCUT2D eigenvalue weighted by atomic mass is 9.95. The number of aromatic nitrogens is 2. The molecule has 1 amide bonds. The van der Waals surface area contributed by atoms with Gasteiger partial charge in [0.1, 0.15) is 0 Å². The van der Waals surface area contributed by atoms with Crippen molar-refractivity contribution in [3.8, 4) is 0 Å². The van der Waals surface area contributed by atoms with E-state index in [9.17, 15) is 19.5 Å². The first-order chi connectivity index (χ1) is 13.0. The maximum Gasteiger partial charge on any atom is 0.410 e. The minimum atomic E-state index is -0.793. The molecule has 1 aromatic carbocycles. The summed E-state index contributed by atoms with van der Waals surface area (Å²) in [6.45, 7) is 2.21. The molecule has 27 heavy (non-hydrogen) atoms. The highest BCUT2D eigenvalue weighted by Gasteiger charge is 2.35. The van der Waals surface area contributed by atoms with Crippen LogP contribution in [0.4, 0.5) is 4.79 Å². The molecule has 2 heterocycles. The zero-order chi connectivity index (χ0) is 19.4. The van der Waals surface area contributed by atoms with Gasteiger partial charge in [0.2, 0.25) is 0 Å². The molecule has 2 atom stereocenters. The lowest BCUT2D eigenvalue weighted by Crippen LogP contribution is -2.52. The second-order valence-corrected chi connectivity index (χ2v) is 6.61. The molecular weight excluding hydrogens is 350 g/mol. The lowest BCUT2D eigenvalue weighted by molar-refractivity contribution is -0.122. The van der Waals surface area contributed by atoms with Gasteiger partial charge in [0.15, 0.2) is 5.78 Å². The molecule has 2 aromatic rings. The first kappa shape index (κ1) is 19.0. The average molecular weight is 373 g/mol. The minimum absolute atomic E-state index is 0.0424. The van der Waals surface area contributed by atoms with Crippen molar-refractivity contribution < 1.29 is 19.4 Å². The van der Waals surface area contributed by atoms with Crippen LogP contribution in [0.15, 0.2) is 35.4 Å². The number of Topliss-reactive ketones (excluding diaryl/α,β-unsaturated/α-hetero) is 1. The zero-order valence-corrected chi connectivity index (χ0v) is 15.2. The normalized spacial score (nSPS) is 19.9. The van der Waals surface area contributed by atoms with E-state index in [-0.39, 0.29) is 30.9 Å². The minimum Gasteiger partial charge on any atom is -0.450 e.